The second-order valence-corrected chi connectivity index (χ2v) is 13.2. The molecule has 0 radical (unpaired) electrons. The van der Waals surface area contributed by atoms with Crippen molar-refractivity contribution in [2.24, 2.45) is 33.7 Å². The van der Waals surface area contributed by atoms with E-state index in [1.807, 2.05) is 13.0 Å². The second-order valence-electron chi connectivity index (χ2n) is 13.2. The summed E-state index contributed by atoms with van der Waals surface area (Å²) in [6, 6.07) is 2.62. The molecule has 0 aliphatic heterocycles. The zero-order valence-electron chi connectivity index (χ0n) is 25.2. The molecule has 3 saturated carbocycles. The van der Waals surface area contributed by atoms with E-state index >= 15 is 0 Å². The van der Waals surface area contributed by atoms with Gasteiger partial charge in [-0.1, -0.05) is 36.7 Å². The van der Waals surface area contributed by atoms with Crippen molar-refractivity contribution < 1.29 is 34.3 Å². The number of carbonyl (C=O) groups is 2. The number of esters is 1. The average Bonchev–Trinajstić information content (AvgIpc) is 3.21. The predicted molar refractivity (Wildman–Crippen MR) is 158 cm³/mol. The van der Waals surface area contributed by atoms with E-state index in [2.05, 4.69) is 36.5 Å². The SMILES string of the molecule is COC(=O)[C@H](Cc1ccc(O)c([N+](=O)[O-])c1)NC(=O)CON=C1C=C[C@@]2(C)C(=C1)CC[C@@H]1[C@H]2CC[C@@]2(C)[C@@H]1CC[C@]2(C)O. The number of fused-ring (bicyclic) bond motifs is 5. The molecule has 0 heterocycles. The Bertz CT molecular complexity index is 1400. The van der Waals surface area contributed by atoms with Crippen LogP contribution in [0.3, 0.4) is 0 Å². The number of allylic oxidation sites excluding steroid dienone is 4. The van der Waals surface area contributed by atoms with Gasteiger partial charge in [-0.3, -0.25) is 14.9 Å². The normalized spacial score (nSPS) is 34.3. The van der Waals surface area contributed by atoms with Crippen LogP contribution in [-0.2, 0) is 25.6 Å². The molecule has 43 heavy (non-hydrogen) atoms. The van der Waals surface area contributed by atoms with Gasteiger partial charge in [-0.05, 0) is 92.4 Å². The highest BCUT2D eigenvalue weighted by atomic mass is 16.6. The molecule has 0 saturated heterocycles. The van der Waals surface area contributed by atoms with Gasteiger partial charge >= 0.3 is 11.7 Å². The van der Waals surface area contributed by atoms with Crippen LogP contribution in [0.5, 0.6) is 5.75 Å². The Morgan fingerprint density at radius 3 is 2.65 bits per heavy atom. The molecule has 232 valence electrons. The van der Waals surface area contributed by atoms with E-state index in [0.717, 1.165) is 50.7 Å². The van der Waals surface area contributed by atoms with E-state index in [1.54, 1.807) is 0 Å². The number of nitrogens with zero attached hydrogens (tertiary/aromatic N) is 2. The van der Waals surface area contributed by atoms with Crippen molar-refractivity contribution >= 4 is 23.3 Å². The van der Waals surface area contributed by atoms with Gasteiger partial charge in [0.05, 0.1) is 17.6 Å². The summed E-state index contributed by atoms with van der Waals surface area (Å²) in [6.45, 7) is 6.18. The second kappa shape index (κ2) is 11.4. The molecule has 4 aliphatic rings. The number of hydrogen-bond acceptors (Lipinski definition) is 9. The predicted octanol–water partition coefficient (Wildman–Crippen LogP) is 4.36. The largest absolute Gasteiger partial charge is 0.502 e. The lowest BCUT2D eigenvalue weighted by molar-refractivity contribution is -0.385. The Kier molecular flexibility index (Phi) is 8.15. The lowest BCUT2D eigenvalue weighted by Gasteiger charge is -2.58. The smallest absolute Gasteiger partial charge is 0.328 e. The van der Waals surface area contributed by atoms with Gasteiger partial charge in [-0.15, -0.1) is 0 Å². The molecule has 0 spiro atoms. The van der Waals surface area contributed by atoms with Crippen LogP contribution in [-0.4, -0.2) is 58.1 Å². The number of nitro benzene ring substituents is 1. The maximum absolute atomic E-state index is 12.6. The number of methoxy groups -OCH3 is 1. The van der Waals surface area contributed by atoms with Crippen molar-refractivity contribution in [3.05, 3.63) is 57.7 Å². The monoisotopic (exact) mass is 595 g/mol. The van der Waals surface area contributed by atoms with E-state index in [9.17, 15) is 29.9 Å². The molecular formula is C32H41N3O8. The Labute approximate surface area is 251 Å². The number of aliphatic hydroxyl groups is 1. The average molecular weight is 596 g/mol. The molecule has 1 amide bonds. The third kappa shape index (κ3) is 5.55. The highest BCUT2D eigenvalue weighted by Gasteiger charge is 2.62. The molecule has 7 atom stereocenters. The number of phenolic OH excluding ortho intramolecular Hbond substituents is 1. The standard InChI is InChI=1S/C32H41N3O8/c1-30-12-9-21(17-20(30)6-7-22-23(30)10-13-31(2)24(22)11-14-32(31,3)39)34-43-18-28(37)33-25(29(38)42-4)15-19-5-8-27(36)26(16-19)35(40)41/h5,8-9,12,16-17,22-25,36,39H,6-7,10-11,13-15,18H2,1-4H3,(H,33,37)/t22-,23-,24-,25+,30+,31+,32+/m1/s1. The summed E-state index contributed by atoms with van der Waals surface area (Å²) in [6.07, 6.45) is 12.2. The fourth-order valence-electron chi connectivity index (χ4n) is 8.32. The van der Waals surface area contributed by atoms with Crippen LogP contribution < -0.4 is 5.32 Å². The first kappa shape index (κ1) is 30.7. The summed E-state index contributed by atoms with van der Waals surface area (Å²) in [4.78, 5) is 40.7. The van der Waals surface area contributed by atoms with Crippen LogP contribution >= 0.6 is 0 Å². The molecule has 0 unspecified atom stereocenters. The summed E-state index contributed by atoms with van der Waals surface area (Å²) >= 11 is 0. The van der Waals surface area contributed by atoms with Gasteiger partial charge in [0, 0.05) is 17.9 Å². The first-order chi connectivity index (χ1) is 20.3. The number of nitrogens with one attached hydrogen (secondary N) is 1. The maximum atomic E-state index is 12.6. The van der Waals surface area contributed by atoms with E-state index in [4.69, 9.17) is 9.57 Å². The number of amides is 1. The number of rotatable bonds is 8. The summed E-state index contributed by atoms with van der Waals surface area (Å²) in [7, 11) is 1.18. The van der Waals surface area contributed by atoms with Gasteiger partial charge in [0.15, 0.2) is 12.4 Å². The fraction of sp³-hybridized carbons (Fsp3) is 0.594. The van der Waals surface area contributed by atoms with Gasteiger partial charge < -0.3 is 25.1 Å². The number of nitro groups is 1. The van der Waals surface area contributed by atoms with Crippen molar-refractivity contribution in [3.8, 4) is 5.75 Å². The Hall–Kier alpha value is -3.73. The molecule has 3 fully saturated rings. The van der Waals surface area contributed by atoms with E-state index in [0.29, 0.717) is 29.0 Å². The van der Waals surface area contributed by atoms with Crippen LogP contribution in [0.15, 0.2) is 47.2 Å². The van der Waals surface area contributed by atoms with Crippen molar-refractivity contribution in [2.45, 2.75) is 77.4 Å². The summed E-state index contributed by atoms with van der Waals surface area (Å²) in [5.74, 6) is -0.214. The van der Waals surface area contributed by atoms with Gasteiger partial charge in [0.2, 0.25) is 0 Å². The number of oxime groups is 1. The third-order valence-electron chi connectivity index (χ3n) is 11.0. The van der Waals surface area contributed by atoms with Crippen LogP contribution in [0, 0.1) is 38.7 Å². The maximum Gasteiger partial charge on any atom is 0.328 e. The lowest BCUT2D eigenvalue weighted by atomic mass is 9.47. The first-order valence-corrected chi connectivity index (χ1v) is 14.9. The van der Waals surface area contributed by atoms with E-state index < -0.39 is 46.5 Å². The molecule has 0 bridgehead atoms. The van der Waals surface area contributed by atoms with Gasteiger partial charge in [0.1, 0.15) is 11.8 Å². The van der Waals surface area contributed by atoms with E-state index in [-0.39, 0.29) is 17.3 Å². The van der Waals surface area contributed by atoms with Crippen molar-refractivity contribution in [2.75, 3.05) is 13.7 Å². The Morgan fingerprint density at radius 2 is 1.93 bits per heavy atom. The van der Waals surface area contributed by atoms with Crippen LogP contribution in [0.4, 0.5) is 5.69 Å². The van der Waals surface area contributed by atoms with Crippen molar-refractivity contribution in [1.29, 1.82) is 0 Å². The molecule has 4 aliphatic carbocycles. The lowest BCUT2D eigenvalue weighted by Crippen LogP contribution is -2.53. The zero-order chi connectivity index (χ0) is 31.2. The topological polar surface area (TPSA) is 161 Å². The highest BCUT2D eigenvalue weighted by Crippen LogP contribution is 2.66. The fourth-order valence-corrected chi connectivity index (χ4v) is 8.32. The third-order valence-corrected chi connectivity index (χ3v) is 11.0. The minimum Gasteiger partial charge on any atom is -0.502 e. The minimum atomic E-state index is -1.12. The molecule has 1 aromatic rings. The minimum absolute atomic E-state index is 0.0277. The van der Waals surface area contributed by atoms with Crippen LogP contribution in [0.25, 0.3) is 0 Å². The zero-order valence-corrected chi connectivity index (χ0v) is 25.2. The van der Waals surface area contributed by atoms with Gasteiger partial charge in [-0.25, -0.2) is 4.79 Å². The summed E-state index contributed by atoms with van der Waals surface area (Å²) in [5, 5.41) is 38.7. The molecule has 11 heteroatoms. The molecule has 5 rings (SSSR count). The Morgan fingerprint density at radius 1 is 1.19 bits per heavy atom. The van der Waals surface area contributed by atoms with E-state index in [1.165, 1.54) is 18.7 Å². The van der Waals surface area contributed by atoms with Crippen LogP contribution in [0.1, 0.15) is 64.9 Å². The number of aromatic hydroxyl groups is 1. The number of phenols is 1. The molecule has 3 N–H and O–H groups in total. The number of benzene rings is 1. The number of hydrogen-bond donors (Lipinski definition) is 3. The first-order valence-electron chi connectivity index (χ1n) is 14.9. The molecular weight excluding hydrogens is 554 g/mol. The quantitative estimate of drug-likeness (QED) is 0.227. The van der Waals surface area contributed by atoms with Crippen LogP contribution in [0.2, 0.25) is 0 Å². The number of ether oxygens (including phenoxy) is 1. The number of carbonyl (C=O) groups excluding carboxylic acids is 2. The van der Waals surface area contributed by atoms with Gasteiger partial charge in [0.25, 0.3) is 5.91 Å². The molecule has 1 aromatic carbocycles. The highest BCUT2D eigenvalue weighted by molar-refractivity contribution is 6.05. The van der Waals surface area contributed by atoms with Gasteiger partial charge in [-0.2, -0.15) is 0 Å². The Balaban J connectivity index is 1.20. The van der Waals surface area contributed by atoms with Crippen molar-refractivity contribution in [1.82, 2.24) is 5.32 Å². The molecule has 11 nitrogen and oxygen atoms in total. The summed E-state index contributed by atoms with van der Waals surface area (Å²) < 4.78 is 4.79. The summed E-state index contributed by atoms with van der Waals surface area (Å²) in [5.41, 5.74) is 1.08. The van der Waals surface area contributed by atoms with Crippen molar-refractivity contribution in [3.63, 3.8) is 0 Å². The molecule has 0 aromatic heterocycles.